The van der Waals surface area contributed by atoms with Crippen LogP contribution in [0.5, 0.6) is 0 Å². The Bertz CT molecular complexity index is 615. The van der Waals surface area contributed by atoms with Crippen molar-refractivity contribution in [2.75, 3.05) is 0 Å². The average Bonchev–Trinajstić information content (AvgIpc) is 2.37. The van der Waals surface area contributed by atoms with Crippen LogP contribution in [-0.2, 0) is 12.0 Å². The van der Waals surface area contributed by atoms with Gasteiger partial charge in [0.25, 0.3) is 0 Å². The number of aryl methyl sites for hydroxylation is 1. The van der Waals surface area contributed by atoms with Crippen molar-refractivity contribution in [1.29, 1.82) is 0 Å². The molecule has 1 unspecified atom stereocenters. The third-order valence-electron chi connectivity index (χ3n) is 3.57. The van der Waals surface area contributed by atoms with E-state index in [4.69, 9.17) is 0 Å². The van der Waals surface area contributed by atoms with Gasteiger partial charge in [-0.1, -0.05) is 49.7 Å². The Labute approximate surface area is 116 Å². The highest BCUT2D eigenvalue weighted by Crippen LogP contribution is 2.43. The molecule has 1 nitrogen and oxygen atoms in total. The number of halogens is 3. The predicted octanol–water partition coefficient (Wildman–Crippen LogP) is 4.56. The highest BCUT2D eigenvalue weighted by atomic mass is 19.4. The van der Waals surface area contributed by atoms with Gasteiger partial charge in [-0.25, -0.2) is 0 Å². The Hall–Kier alpha value is -1.55. The van der Waals surface area contributed by atoms with Crippen molar-refractivity contribution in [3.8, 4) is 0 Å². The fourth-order valence-corrected chi connectivity index (χ4v) is 2.51. The molecule has 108 valence electrons. The SMILES string of the molecule is CCCc1ccc2ccccc2c1C(C)(O)C(F)(F)F. The zero-order chi connectivity index (χ0) is 15.0. The van der Waals surface area contributed by atoms with Gasteiger partial charge in [0.1, 0.15) is 0 Å². The summed E-state index contributed by atoms with van der Waals surface area (Å²) in [6.45, 7) is 2.73. The fourth-order valence-electron chi connectivity index (χ4n) is 2.51. The van der Waals surface area contributed by atoms with Crippen LogP contribution in [0.1, 0.15) is 31.4 Å². The van der Waals surface area contributed by atoms with E-state index in [9.17, 15) is 18.3 Å². The molecule has 0 spiro atoms. The summed E-state index contributed by atoms with van der Waals surface area (Å²) in [5.74, 6) is 0. The smallest absolute Gasteiger partial charge is 0.376 e. The molecule has 0 aliphatic rings. The van der Waals surface area contributed by atoms with Gasteiger partial charge in [0, 0.05) is 5.56 Å². The zero-order valence-electron chi connectivity index (χ0n) is 11.5. The van der Waals surface area contributed by atoms with E-state index in [1.807, 2.05) is 6.92 Å². The molecular formula is C16H17F3O. The Morgan fingerprint density at radius 3 is 2.30 bits per heavy atom. The van der Waals surface area contributed by atoms with Crippen LogP contribution < -0.4 is 0 Å². The molecule has 20 heavy (non-hydrogen) atoms. The minimum absolute atomic E-state index is 0.0232. The van der Waals surface area contributed by atoms with Crippen LogP contribution in [0.15, 0.2) is 36.4 Å². The third-order valence-corrected chi connectivity index (χ3v) is 3.57. The fraction of sp³-hybridized carbons (Fsp3) is 0.375. The molecule has 0 bridgehead atoms. The maximum Gasteiger partial charge on any atom is 0.421 e. The second-order valence-corrected chi connectivity index (χ2v) is 5.14. The molecule has 2 aromatic carbocycles. The zero-order valence-corrected chi connectivity index (χ0v) is 11.5. The molecule has 0 radical (unpaired) electrons. The van der Waals surface area contributed by atoms with E-state index in [-0.39, 0.29) is 5.56 Å². The van der Waals surface area contributed by atoms with Crippen molar-refractivity contribution < 1.29 is 18.3 Å². The molecule has 1 N–H and O–H groups in total. The van der Waals surface area contributed by atoms with Gasteiger partial charge >= 0.3 is 6.18 Å². The topological polar surface area (TPSA) is 20.2 Å². The average molecular weight is 282 g/mol. The van der Waals surface area contributed by atoms with E-state index in [2.05, 4.69) is 0 Å². The Balaban J connectivity index is 2.79. The molecular weight excluding hydrogens is 265 g/mol. The van der Waals surface area contributed by atoms with Crippen LogP contribution in [0.3, 0.4) is 0 Å². The van der Waals surface area contributed by atoms with E-state index in [1.165, 1.54) is 0 Å². The van der Waals surface area contributed by atoms with Crippen molar-refractivity contribution in [1.82, 2.24) is 0 Å². The monoisotopic (exact) mass is 282 g/mol. The predicted molar refractivity (Wildman–Crippen MR) is 73.6 cm³/mol. The Morgan fingerprint density at radius 1 is 1.05 bits per heavy atom. The van der Waals surface area contributed by atoms with Gasteiger partial charge in [0.05, 0.1) is 0 Å². The molecule has 0 amide bonds. The number of alkyl halides is 3. The third kappa shape index (κ3) is 2.40. The standard InChI is InChI=1S/C16H17F3O/c1-3-6-12-10-9-11-7-4-5-8-13(11)14(12)15(2,20)16(17,18)19/h4-5,7-10,20H,3,6H2,1-2H3. The largest absolute Gasteiger partial charge is 0.421 e. The molecule has 0 aliphatic heterocycles. The van der Waals surface area contributed by atoms with Crippen LogP contribution in [0, 0.1) is 0 Å². The van der Waals surface area contributed by atoms with E-state index in [1.54, 1.807) is 36.4 Å². The maximum atomic E-state index is 13.2. The number of benzene rings is 2. The summed E-state index contributed by atoms with van der Waals surface area (Å²) >= 11 is 0. The normalized spacial score (nSPS) is 15.3. The lowest BCUT2D eigenvalue weighted by atomic mass is 9.85. The number of rotatable bonds is 3. The molecule has 0 fully saturated rings. The lowest BCUT2D eigenvalue weighted by Gasteiger charge is -2.30. The summed E-state index contributed by atoms with van der Waals surface area (Å²) in [7, 11) is 0. The van der Waals surface area contributed by atoms with Gasteiger partial charge in [0.15, 0.2) is 5.60 Å². The first-order chi connectivity index (χ1) is 9.29. The van der Waals surface area contributed by atoms with Gasteiger partial charge < -0.3 is 5.11 Å². The molecule has 2 aromatic rings. The van der Waals surface area contributed by atoms with Crippen molar-refractivity contribution >= 4 is 10.8 Å². The Kier molecular flexibility index (Phi) is 3.78. The summed E-state index contributed by atoms with van der Waals surface area (Å²) in [5, 5.41) is 11.3. The summed E-state index contributed by atoms with van der Waals surface area (Å²) < 4.78 is 39.7. The second-order valence-electron chi connectivity index (χ2n) is 5.14. The molecule has 0 saturated heterocycles. The molecule has 0 heterocycles. The minimum Gasteiger partial charge on any atom is -0.376 e. The lowest BCUT2D eigenvalue weighted by Crippen LogP contribution is -2.40. The molecule has 1 atom stereocenters. The first-order valence-electron chi connectivity index (χ1n) is 6.59. The summed E-state index contributed by atoms with van der Waals surface area (Å²) in [4.78, 5) is 0. The molecule has 4 heteroatoms. The van der Waals surface area contributed by atoms with Gasteiger partial charge in [-0.15, -0.1) is 0 Å². The first kappa shape index (κ1) is 14.9. The van der Waals surface area contributed by atoms with E-state index in [0.29, 0.717) is 22.8 Å². The number of fused-ring (bicyclic) bond motifs is 1. The summed E-state index contributed by atoms with van der Waals surface area (Å²) in [5.41, 5.74) is -2.32. The molecule has 0 saturated carbocycles. The number of hydrogen-bond donors (Lipinski definition) is 1. The highest BCUT2D eigenvalue weighted by molar-refractivity contribution is 5.87. The highest BCUT2D eigenvalue weighted by Gasteiger charge is 2.52. The van der Waals surface area contributed by atoms with E-state index >= 15 is 0 Å². The number of aliphatic hydroxyl groups is 1. The summed E-state index contributed by atoms with van der Waals surface area (Å²) in [6, 6.07) is 10.3. The van der Waals surface area contributed by atoms with Crippen molar-refractivity contribution in [2.24, 2.45) is 0 Å². The van der Waals surface area contributed by atoms with Gasteiger partial charge in [0.2, 0.25) is 0 Å². The molecule has 2 rings (SSSR count). The van der Waals surface area contributed by atoms with Crippen LogP contribution in [0.4, 0.5) is 13.2 Å². The quantitative estimate of drug-likeness (QED) is 0.874. The van der Waals surface area contributed by atoms with Crippen LogP contribution >= 0.6 is 0 Å². The van der Waals surface area contributed by atoms with Gasteiger partial charge in [-0.05, 0) is 29.7 Å². The maximum absolute atomic E-state index is 13.2. The van der Waals surface area contributed by atoms with Gasteiger partial charge in [-0.2, -0.15) is 13.2 Å². The van der Waals surface area contributed by atoms with Crippen molar-refractivity contribution in [3.05, 3.63) is 47.5 Å². The van der Waals surface area contributed by atoms with E-state index < -0.39 is 11.8 Å². The lowest BCUT2D eigenvalue weighted by molar-refractivity contribution is -0.258. The minimum atomic E-state index is -4.71. The first-order valence-corrected chi connectivity index (χ1v) is 6.59. The van der Waals surface area contributed by atoms with Crippen molar-refractivity contribution in [3.63, 3.8) is 0 Å². The van der Waals surface area contributed by atoms with E-state index in [0.717, 1.165) is 13.3 Å². The van der Waals surface area contributed by atoms with Crippen molar-refractivity contribution in [2.45, 2.75) is 38.5 Å². The molecule has 0 aromatic heterocycles. The summed E-state index contributed by atoms with van der Waals surface area (Å²) in [6.07, 6.45) is -3.48. The van der Waals surface area contributed by atoms with Crippen LogP contribution in [0.25, 0.3) is 10.8 Å². The molecule has 0 aliphatic carbocycles. The van der Waals surface area contributed by atoms with Crippen LogP contribution in [-0.4, -0.2) is 11.3 Å². The second kappa shape index (κ2) is 5.09. The van der Waals surface area contributed by atoms with Crippen LogP contribution in [0.2, 0.25) is 0 Å². The Morgan fingerprint density at radius 2 is 1.70 bits per heavy atom. The van der Waals surface area contributed by atoms with Gasteiger partial charge in [-0.3, -0.25) is 0 Å². The number of hydrogen-bond acceptors (Lipinski definition) is 1.